The number of hydrogen-bond donors (Lipinski definition) is 1. The summed E-state index contributed by atoms with van der Waals surface area (Å²) in [5, 5.41) is 3.47. The molecule has 0 saturated carbocycles. The molecule has 0 radical (unpaired) electrons. The molecule has 3 heterocycles. The molecule has 1 aromatic heterocycles. The van der Waals surface area contributed by atoms with E-state index in [1.54, 1.807) is 17.9 Å². The Morgan fingerprint density at radius 3 is 2.58 bits per heavy atom. The molecule has 2 aliphatic rings. The summed E-state index contributed by atoms with van der Waals surface area (Å²) >= 11 is 0. The van der Waals surface area contributed by atoms with Crippen LogP contribution in [0.5, 0.6) is 5.75 Å². The maximum Gasteiger partial charge on any atom is 0.290 e. The molecule has 6 nitrogen and oxygen atoms in total. The van der Waals surface area contributed by atoms with E-state index in [-0.39, 0.29) is 36.8 Å². The van der Waals surface area contributed by atoms with Crippen LogP contribution in [-0.2, 0) is 7.05 Å². The van der Waals surface area contributed by atoms with Crippen LogP contribution >= 0.6 is 24.8 Å². The lowest BCUT2D eigenvalue weighted by Gasteiger charge is -2.28. The van der Waals surface area contributed by atoms with Gasteiger partial charge < -0.3 is 19.5 Å². The van der Waals surface area contributed by atoms with E-state index in [9.17, 15) is 4.79 Å². The highest BCUT2D eigenvalue weighted by Crippen LogP contribution is 2.43. The molecule has 1 N–H and O–H groups in total. The Morgan fingerprint density at radius 1 is 1.23 bits per heavy atom. The largest absolute Gasteiger partial charge is 0.497 e. The van der Waals surface area contributed by atoms with E-state index in [1.807, 2.05) is 30.3 Å². The molecule has 2 fully saturated rings. The third-order valence-corrected chi connectivity index (χ3v) is 5.30. The number of amides is 1. The highest BCUT2D eigenvalue weighted by atomic mass is 35.5. The van der Waals surface area contributed by atoms with Crippen molar-refractivity contribution in [1.29, 1.82) is 0 Å². The zero-order valence-electron chi connectivity index (χ0n) is 14.8. The van der Waals surface area contributed by atoms with E-state index < -0.39 is 0 Å². The molecule has 8 heteroatoms. The number of nitrogens with one attached hydrogen (secondary N) is 1. The van der Waals surface area contributed by atoms with Crippen LogP contribution in [0.3, 0.4) is 0 Å². The molecule has 26 heavy (non-hydrogen) atoms. The number of nitrogens with zero attached hydrogens (tertiary/aromatic N) is 3. The topological polar surface area (TPSA) is 59.4 Å². The first-order chi connectivity index (χ1) is 11.7. The van der Waals surface area contributed by atoms with Crippen LogP contribution in [0.4, 0.5) is 0 Å². The van der Waals surface area contributed by atoms with Crippen LogP contribution in [-0.4, -0.2) is 47.1 Å². The average molecular weight is 399 g/mol. The van der Waals surface area contributed by atoms with Crippen molar-refractivity contribution in [3.05, 3.63) is 48.0 Å². The van der Waals surface area contributed by atoms with Gasteiger partial charge in [-0.3, -0.25) is 4.79 Å². The van der Waals surface area contributed by atoms with Crippen LogP contribution in [0.2, 0.25) is 0 Å². The van der Waals surface area contributed by atoms with Gasteiger partial charge in [0.2, 0.25) is 0 Å². The van der Waals surface area contributed by atoms with Crippen LogP contribution in [0, 0.1) is 11.8 Å². The lowest BCUT2D eigenvalue weighted by Crippen LogP contribution is -2.36. The highest BCUT2D eigenvalue weighted by Gasteiger charge is 2.47. The number of carbonyl (C=O) groups is 1. The number of likely N-dealkylation sites (tertiary alicyclic amines) is 1. The fourth-order valence-electron chi connectivity index (χ4n) is 4.06. The van der Waals surface area contributed by atoms with Gasteiger partial charge in [0.15, 0.2) is 5.82 Å². The molecule has 2 aliphatic heterocycles. The molecule has 2 saturated heterocycles. The van der Waals surface area contributed by atoms with Gasteiger partial charge in [-0.25, -0.2) is 4.98 Å². The number of rotatable bonds is 3. The van der Waals surface area contributed by atoms with Crippen LogP contribution in [0.25, 0.3) is 0 Å². The normalized spacial score (nSPS) is 23.8. The average Bonchev–Trinajstić information content (AvgIpc) is 3.29. The maximum atomic E-state index is 13.1. The third-order valence-electron chi connectivity index (χ3n) is 5.30. The van der Waals surface area contributed by atoms with Crippen molar-refractivity contribution in [2.24, 2.45) is 18.9 Å². The van der Waals surface area contributed by atoms with Gasteiger partial charge in [-0.05, 0) is 23.6 Å². The van der Waals surface area contributed by atoms with Gasteiger partial charge in [0.05, 0.1) is 13.2 Å². The molecule has 0 aliphatic carbocycles. The Balaban J connectivity index is 0.00000121. The van der Waals surface area contributed by atoms with Crippen molar-refractivity contribution in [2.75, 3.05) is 26.7 Å². The summed E-state index contributed by atoms with van der Waals surface area (Å²) in [5.41, 5.74) is 1.16. The summed E-state index contributed by atoms with van der Waals surface area (Å²) in [4.78, 5) is 19.3. The summed E-state index contributed by atoms with van der Waals surface area (Å²) in [5.74, 6) is 2.29. The Hall–Kier alpha value is -1.76. The zero-order valence-corrected chi connectivity index (χ0v) is 16.4. The van der Waals surface area contributed by atoms with Gasteiger partial charge in [-0.1, -0.05) is 12.1 Å². The Morgan fingerprint density at radius 2 is 1.96 bits per heavy atom. The number of halogens is 2. The minimum atomic E-state index is 0. The van der Waals surface area contributed by atoms with E-state index in [1.165, 1.54) is 0 Å². The van der Waals surface area contributed by atoms with Gasteiger partial charge in [0, 0.05) is 45.0 Å². The lowest BCUT2D eigenvalue weighted by atomic mass is 9.89. The highest BCUT2D eigenvalue weighted by molar-refractivity contribution is 5.91. The molecule has 0 unspecified atom stereocenters. The van der Waals surface area contributed by atoms with Gasteiger partial charge in [-0.15, -0.1) is 24.8 Å². The van der Waals surface area contributed by atoms with E-state index in [0.717, 1.165) is 30.9 Å². The number of carbonyl (C=O) groups excluding carboxylic acids is 1. The van der Waals surface area contributed by atoms with Crippen molar-refractivity contribution in [2.45, 2.75) is 6.04 Å². The zero-order chi connectivity index (χ0) is 16.7. The first-order valence-electron chi connectivity index (χ1n) is 8.32. The Bertz CT molecular complexity index is 750. The molecule has 4 rings (SSSR count). The molecule has 0 spiro atoms. The molecule has 0 bridgehead atoms. The van der Waals surface area contributed by atoms with Gasteiger partial charge in [-0.2, -0.15) is 0 Å². The van der Waals surface area contributed by atoms with Crippen molar-refractivity contribution >= 4 is 30.7 Å². The van der Waals surface area contributed by atoms with Gasteiger partial charge in [0.1, 0.15) is 5.75 Å². The summed E-state index contributed by atoms with van der Waals surface area (Å²) in [6.07, 6.45) is 3.49. The molecule has 1 aromatic carbocycles. The number of aromatic nitrogens is 2. The van der Waals surface area contributed by atoms with E-state index in [2.05, 4.69) is 22.4 Å². The summed E-state index contributed by atoms with van der Waals surface area (Å²) in [7, 11) is 3.53. The SMILES string of the molecule is COc1ccc([C@@H]2[C@H]3CNC[C@H]3CN2C(=O)c2nccn2C)cc1.Cl.Cl. The predicted molar refractivity (Wildman–Crippen MR) is 104 cm³/mol. The van der Waals surface area contributed by atoms with E-state index in [4.69, 9.17) is 4.74 Å². The maximum absolute atomic E-state index is 13.1. The van der Waals surface area contributed by atoms with Crippen molar-refractivity contribution in [3.8, 4) is 5.75 Å². The summed E-state index contributed by atoms with van der Waals surface area (Å²) in [6.45, 7) is 2.70. The third kappa shape index (κ3) is 3.41. The summed E-state index contributed by atoms with van der Waals surface area (Å²) in [6, 6.07) is 8.16. The molecule has 142 valence electrons. The van der Waals surface area contributed by atoms with Crippen LogP contribution in [0.15, 0.2) is 36.7 Å². The minimum Gasteiger partial charge on any atom is -0.497 e. The number of aryl methyl sites for hydroxylation is 1. The smallest absolute Gasteiger partial charge is 0.290 e. The first kappa shape index (κ1) is 20.6. The molecule has 2 aromatic rings. The number of methoxy groups -OCH3 is 1. The lowest BCUT2D eigenvalue weighted by molar-refractivity contribution is 0.0698. The fraction of sp³-hybridized carbons (Fsp3) is 0.444. The molecular formula is C18H24Cl2N4O2. The number of benzene rings is 1. The summed E-state index contributed by atoms with van der Waals surface area (Å²) < 4.78 is 7.05. The van der Waals surface area contributed by atoms with Crippen LogP contribution < -0.4 is 10.1 Å². The number of imidazole rings is 1. The quantitative estimate of drug-likeness (QED) is 0.861. The minimum absolute atomic E-state index is 0. The molecule has 3 atom stereocenters. The van der Waals surface area contributed by atoms with Crippen LogP contribution in [0.1, 0.15) is 22.2 Å². The monoisotopic (exact) mass is 398 g/mol. The molecule has 1 amide bonds. The Labute approximate surface area is 165 Å². The van der Waals surface area contributed by atoms with Gasteiger partial charge >= 0.3 is 0 Å². The van der Waals surface area contributed by atoms with E-state index >= 15 is 0 Å². The van der Waals surface area contributed by atoms with Crippen molar-refractivity contribution < 1.29 is 9.53 Å². The second kappa shape index (κ2) is 8.29. The van der Waals surface area contributed by atoms with Crippen molar-refractivity contribution in [3.63, 3.8) is 0 Å². The second-order valence-corrected chi connectivity index (χ2v) is 6.62. The van der Waals surface area contributed by atoms with Gasteiger partial charge in [0.25, 0.3) is 5.91 Å². The fourth-order valence-corrected chi connectivity index (χ4v) is 4.06. The van der Waals surface area contributed by atoms with Crippen molar-refractivity contribution in [1.82, 2.24) is 19.8 Å². The standard InChI is InChI=1S/C18H22N4O2.2ClH/c1-21-8-7-20-17(21)18(23)22-11-13-9-19-10-15(13)16(22)12-3-5-14(24-2)6-4-12;;/h3-8,13,15-16,19H,9-11H2,1-2H3;2*1H/t13-,15-,16+;;/m0../s1. The molecular weight excluding hydrogens is 375 g/mol. The number of fused-ring (bicyclic) bond motifs is 1. The first-order valence-corrected chi connectivity index (χ1v) is 8.32. The number of ether oxygens (including phenoxy) is 1. The van der Waals surface area contributed by atoms with E-state index in [0.29, 0.717) is 17.7 Å². The Kier molecular flexibility index (Phi) is 6.55. The predicted octanol–water partition coefficient (Wildman–Crippen LogP) is 2.31. The number of hydrogen-bond acceptors (Lipinski definition) is 4. The second-order valence-electron chi connectivity index (χ2n) is 6.62.